The van der Waals surface area contributed by atoms with Gasteiger partial charge in [0.15, 0.2) is 5.75 Å². The van der Waals surface area contributed by atoms with Gasteiger partial charge in [-0.1, -0.05) is 18.2 Å². The highest BCUT2D eigenvalue weighted by atomic mass is 127. The van der Waals surface area contributed by atoms with Crippen LogP contribution in [-0.4, -0.2) is 4.92 Å². The highest BCUT2D eigenvalue weighted by Crippen LogP contribution is 2.28. The van der Waals surface area contributed by atoms with Crippen LogP contribution in [0.3, 0.4) is 0 Å². The Hall–Kier alpha value is -1.63. The van der Waals surface area contributed by atoms with E-state index in [1.54, 1.807) is 12.1 Å². The quantitative estimate of drug-likeness (QED) is 0.464. The summed E-state index contributed by atoms with van der Waals surface area (Å²) in [5.74, 6) is 0.309. The molecule has 0 bridgehead atoms. The minimum Gasteiger partial charge on any atom is -0.482 e. The minimum atomic E-state index is -0.428. The van der Waals surface area contributed by atoms with Crippen molar-refractivity contribution in [3.05, 3.63) is 67.3 Å². The van der Waals surface area contributed by atoms with Crippen LogP contribution >= 0.6 is 22.6 Å². The van der Waals surface area contributed by atoms with Crippen LogP contribution in [0.25, 0.3) is 0 Å². The van der Waals surface area contributed by atoms with E-state index < -0.39 is 4.92 Å². The summed E-state index contributed by atoms with van der Waals surface area (Å²) in [5, 5.41) is 10.9. The monoisotopic (exact) mass is 369 g/mol. The second kappa shape index (κ2) is 6.01. The van der Waals surface area contributed by atoms with Gasteiger partial charge in [-0.3, -0.25) is 10.1 Å². The topological polar surface area (TPSA) is 52.4 Å². The Labute approximate surface area is 124 Å². The van der Waals surface area contributed by atoms with Crippen LogP contribution in [0, 0.1) is 20.6 Å². The maximum atomic E-state index is 10.9. The molecule has 2 aromatic rings. The summed E-state index contributed by atoms with van der Waals surface area (Å²) in [7, 11) is 0. The van der Waals surface area contributed by atoms with Crippen molar-refractivity contribution in [1.82, 2.24) is 0 Å². The van der Waals surface area contributed by atoms with Gasteiger partial charge in [0.25, 0.3) is 0 Å². The molecule has 0 aromatic heterocycles. The van der Waals surface area contributed by atoms with Gasteiger partial charge in [0.2, 0.25) is 0 Å². The lowest BCUT2D eigenvalue weighted by Gasteiger charge is -2.07. The number of hydrogen-bond acceptors (Lipinski definition) is 3. The van der Waals surface area contributed by atoms with E-state index in [0.29, 0.717) is 12.4 Å². The third-order valence-electron chi connectivity index (χ3n) is 2.62. The second-order valence-corrected chi connectivity index (χ2v) is 5.39. The van der Waals surface area contributed by atoms with E-state index in [9.17, 15) is 10.1 Å². The van der Waals surface area contributed by atoms with Gasteiger partial charge in [0, 0.05) is 9.64 Å². The van der Waals surface area contributed by atoms with Gasteiger partial charge in [0.05, 0.1) is 4.92 Å². The van der Waals surface area contributed by atoms with Crippen LogP contribution < -0.4 is 4.74 Å². The van der Waals surface area contributed by atoms with E-state index in [4.69, 9.17) is 4.74 Å². The molecule has 0 atom stereocenters. The average molecular weight is 369 g/mol. The maximum absolute atomic E-state index is 10.9. The molecule has 0 heterocycles. The average Bonchev–Trinajstić information content (AvgIpc) is 2.38. The lowest BCUT2D eigenvalue weighted by Crippen LogP contribution is -1.99. The zero-order valence-electron chi connectivity index (χ0n) is 10.3. The molecule has 19 heavy (non-hydrogen) atoms. The van der Waals surface area contributed by atoms with Crippen molar-refractivity contribution in [3.63, 3.8) is 0 Å². The Morgan fingerprint density at radius 2 is 1.89 bits per heavy atom. The summed E-state index contributed by atoms with van der Waals surface area (Å²) in [6.45, 7) is 2.20. The molecular formula is C14H12INO3. The third-order valence-corrected chi connectivity index (χ3v) is 3.34. The fourth-order valence-corrected chi connectivity index (χ4v) is 1.99. The first-order valence-corrected chi connectivity index (χ1v) is 6.76. The van der Waals surface area contributed by atoms with E-state index in [2.05, 4.69) is 22.6 Å². The highest BCUT2D eigenvalue weighted by Gasteiger charge is 2.14. The molecule has 0 N–H and O–H groups in total. The van der Waals surface area contributed by atoms with Crippen molar-refractivity contribution in [3.8, 4) is 5.75 Å². The highest BCUT2D eigenvalue weighted by molar-refractivity contribution is 14.1. The number of benzene rings is 2. The molecule has 0 amide bonds. The lowest BCUT2D eigenvalue weighted by molar-refractivity contribution is -0.386. The Kier molecular flexibility index (Phi) is 4.36. The molecule has 2 aromatic carbocycles. The molecule has 0 spiro atoms. The van der Waals surface area contributed by atoms with Crippen molar-refractivity contribution in [2.45, 2.75) is 13.5 Å². The number of ether oxygens (including phenoxy) is 1. The molecule has 4 nitrogen and oxygen atoms in total. The van der Waals surface area contributed by atoms with E-state index in [-0.39, 0.29) is 5.69 Å². The minimum absolute atomic E-state index is 0.00360. The van der Waals surface area contributed by atoms with Crippen LogP contribution in [0.2, 0.25) is 0 Å². The molecule has 98 valence electrons. The first kappa shape index (κ1) is 13.8. The number of rotatable bonds is 4. The van der Waals surface area contributed by atoms with Gasteiger partial charge >= 0.3 is 5.69 Å². The number of halogens is 1. The lowest BCUT2D eigenvalue weighted by atomic mass is 10.2. The van der Waals surface area contributed by atoms with Gasteiger partial charge in [0.1, 0.15) is 6.61 Å². The Morgan fingerprint density at radius 1 is 1.21 bits per heavy atom. The van der Waals surface area contributed by atoms with Crippen LogP contribution in [0.5, 0.6) is 5.75 Å². The fourth-order valence-electron chi connectivity index (χ4n) is 1.63. The van der Waals surface area contributed by atoms with E-state index in [0.717, 1.165) is 14.7 Å². The largest absolute Gasteiger partial charge is 0.482 e. The molecule has 0 aliphatic rings. The smallest absolute Gasteiger partial charge is 0.310 e. The normalized spacial score (nSPS) is 10.2. The van der Waals surface area contributed by atoms with Crippen LogP contribution in [-0.2, 0) is 6.61 Å². The Balaban J connectivity index is 2.16. The molecule has 0 fully saturated rings. The molecule has 0 aliphatic heterocycles. The molecule has 0 saturated carbocycles. The van der Waals surface area contributed by atoms with Crippen molar-refractivity contribution >= 4 is 28.3 Å². The van der Waals surface area contributed by atoms with Gasteiger partial charge in [-0.15, -0.1) is 0 Å². The summed E-state index contributed by atoms with van der Waals surface area (Å²) < 4.78 is 6.70. The summed E-state index contributed by atoms with van der Waals surface area (Å²) in [4.78, 5) is 10.5. The van der Waals surface area contributed by atoms with Gasteiger partial charge in [-0.2, -0.15) is 0 Å². The zero-order chi connectivity index (χ0) is 13.8. The number of aryl methyl sites for hydroxylation is 1. The van der Waals surface area contributed by atoms with Gasteiger partial charge in [-0.05, 0) is 58.8 Å². The van der Waals surface area contributed by atoms with Crippen LogP contribution in [0.1, 0.15) is 11.1 Å². The molecule has 2 rings (SSSR count). The summed E-state index contributed by atoms with van der Waals surface area (Å²) in [5.41, 5.74) is 1.91. The number of hydrogen-bond donors (Lipinski definition) is 0. The molecule has 5 heteroatoms. The molecular weight excluding hydrogens is 357 g/mol. The molecule has 0 aliphatic carbocycles. The molecule has 0 radical (unpaired) electrons. The zero-order valence-corrected chi connectivity index (χ0v) is 12.5. The van der Waals surface area contributed by atoms with E-state index in [1.165, 1.54) is 6.07 Å². The second-order valence-electron chi connectivity index (χ2n) is 4.14. The van der Waals surface area contributed by atoms with Gasteiger partial charge < -0.3 is 4.74 Å². The Morgan fingerprint density at radius 3 is 2.53 bits per heavy atom. The maximum Gasteiger partial charge on any atom is 0.310 e. The first-order chi connectivity index (χ1) is 9.06. The number of nitro benzene ring substituents is 1. The number of nitrogens with zero attached hydrogens (tertiary/aromatic N) is 1. The molecule has 0 saturated heterocycles. The predicted molar refractivity (Wildman–Crippen MR) is 81.3 cm³/mol. The van der Waals surface area contributed by atoms with E-state index >= 15 is 0 Å². The molecule has 0 unspecified atom stereocenters. The third kappa shape index (κ3) is 3.66. The van der Waals surface area contributed by atoms with Crippen LogP contribution in [0.4, 0.5) is 5.69 Å². The number of nitro groups is 1. The first-order valence-electron chi connectivity index (χ1n) is 5.68. The summed E-state index contributed by atoms with van der Waals surface area (Å²) in [6.07, 6.45) is 0. The van der Waals surface area contributed by atoms with Crippen molar-refractivity contribution < 1.29 is 9.66 Å². The van der Waals surface area contributed by atoms with Crippen molar-refractivity contribution in [2.75, 3.05) is 0 Å². The van der Waals surface area contributed by atoms with E-state index in [1.807, 2.05) is 31.2 Å². The summed E-state index contributed by atoms with van der Waals surface area (Å²) >= 11 is 2.22. The van der Waals surface area contributed by atoms with Crippen LogP contribution in [0.15, 0.2) is 42.5 Å². The SMILES string of the molecule is Cc1ccc([N+](=O)[O-])c(OCc2ccc(I)cc2)c1. The van der Waals surface area contributed by atoms with Crippen molar-refractivity contribution in [2.24, 2.45) is 0 Å². The summed E-state index contributed by atoms with van der Waals surface area (Å²) in [6, 6.07) is 12.7. The standard InChI is InChI=1S/C14H12INO3/c1-10-2-7-13(16(17)18)14(8-10)19-9-11-3-5-12(15)6-4-11/h2-8H,9H2,1H3. The predicted octanol–water partition coefficient (Wildman–Crippen LogP) is 4.09. The van der Waals surface area contributed by atoms with Gasteiger partial charge in [-0.25, -0.2) is 0 Å². The fraction of sp³-hybridized carbons (Fsp3) is 0.143. The van der Waals surface area contributed by atoms with Crippen molar-refractivity contribution in [1.29, 1.82) is 0 Å². The Bertz CT molecular complexity index is 596.